The van der Waals surface area contributed by atoms with Gasteiger partial charge in [0.15, 0.2) is 0 Å². The van der Waals surface area contributed by atoms with Crippen molar-refractivity contribution in [3.8, 4) is 0 Å². The molecule has 1 rings (SSSR count). The van der Waals surface area contributed by atoms with Crippen LogP contribution < -0.4 is 29.6 Å². The second kappa shape index (κ2) is 5.94. The van der Waals surface area contributed by atoms with Crippen molar-refractivity contribution >= 4 is 11.1 Å². The minimum Gasteiger partial charge on any atom is -0.768 e. The predicted octanol–water partition coefficient (Wildman–Crippen LogP) is -0.948. The van der Waals surface area contributed by atoms with Crippen molar-refractivity contribution in [2.45, 2.75) is 24.7 Å². The zero-order valence-corrected chi connectivity index (χ0v) is 10.9. The van der Waals surface area contributed by atoms with Crippen molar-refractivity contribution in [1.29, 1.82) is 0 Å². The van der Waals surface area contributed by atoms with E-state index >= 15 is 0 Å². The molecule has 1 aromatic carbocycles. The molecule has 1 aromatic rings. The van der Waals surface area contributed by atoms with Gasteiger partial charge in [-0.2, -0.15) is 0 Å². The van der Waals surface area contributed by atoms with Gasteiger partial charge in [0.1, 0.15) is 0 Å². The van der Waals surface area contributed by atoms with Gasteiger partial charge >= 0.3 is 29.6 Å². The molecule has 0 saturated heterocycles. The van der Waals surface area contributed by atoms with Crippen molar-refractivity contribution in [1.82, 2.24) is 0 Å². The monoisotopic (exact) mass is 206 g/mol. The molecule has 0 saturated carbocycles. The van der Waals surface area contributed by atoms with Crippen LogP contribution >= 0.6 is 0 Å². The van der Waals surface area contributed by atoms with Crippen molar-refractivity contribution in [2.24, 2.45) is 0 Å². The summed E-state index contributed by atoms with van der Waals surface area (Å²) in [5, 5.41) is 0. The molecule has 0 radical (unpaired) electrons. The summed E-state index contributed by atoms with van der Waals surface area (Å²) in [4.78, 5) is 0.410. The molecule has 1 unspecified atom stereocenters. The van der Waals surface area contributed by atoms with Gasteiger partial charge < -0.3 is 4.55 Å². The summed E-state index contributed by atoms with van der Waals surface area (Å²) in [7, 11) is 0. The summed E-state index contributed by atoms with van der Waals surface area (Å²) in [5.74, 6) is 0.249. The fourth-order valence-electron chi connectivity index (χ4n) is 1.11. The summed E-state index contributed by atoms with van der Waals surface area (Å²) >= 11 is -2.11. The molecule has 1 atom stereocenters. The zero-order valence-electron chi connectivity index (χ0n) is 8.11. The van der Waals surface area contributed by atoms with Crippen LogP contribution in [0.2, 0.25) is 0 Å². The summed E-state index contributed by atoms with van der Waals surface area (Å²) in [5.41, 5.74) is 0.880. The van der Waals surface area contributed by atoms with Crippen molar-refractivity contribution < 1.29 is 38.3 Å². The summed E-state index contributed by atoms with van der Waals surface area (Å²) in [6.45, 7) is 3.96. The maximum atomic E-state index is 10.7. The quantitative estimate of drug-likeness (QED) is 0.462. The van der Waals surface area contributed by atoms with Crippen LogP contribution in [0.15, 0.2) is 29.2 Å². The van der Waals surface area contributed by atoms with Gasteiger partial charge in [0, 0.05) is 4.90 Å². The zero-order chi connectivity index (χ0) is 9.14. The Morgan fingerprint density at radius 3 is 2.23 bits per heavy atom. The molecule has 2 nitrogen and oxygen atoms in total. The van der Waals surface area contributed by atoms with Crippen LogP contribution in [-0.4, -0.2) is 8.76 Å². The van der Waals surface area contributed by atoms with Gasteiger partial charge in [0.2, 0.25) is 0 Å². The van der Waals surface area contributed by atoms with E-state index in [0.717, 1.165) is 5.56 Å². The van der Waals surface area contributed by atoms with Gasteiger partial charge in [-0.15, -0.1) is 0 Å². The standard InChI is InChI=1S/C9H12O2S.Na/c1-7(2)8-5-3-4-6-9(8)12(10)11;/h3-7H,1-2H3,(H,10,11);/q;+1/p-1. The molecular weight excluding hydrogens is 195 g/mol. The van der Waals surface area contributed by atoms with Crippen LogP contribution in [0.3, 0.4) is 0 Å². The Hall–Kier alpha value is 0.330. The summed E-state index contributed by atoms with van der Waals surface area (Å²) in [6, 6.07) is 7.05. The molecule has 66 valence electrons. The third-order valence-electron chi connectivity index (χ3n) is 1.72. The first-order chi connectivity index (χ1) is 5.63. The SMILES string of the molecule is CC(C)c1ccccc1S(=O)[O-].[Na+]. The molecule has 0 aliphatic carbocycles. The van der Waals surface area contributed by atoms with E-state index in [-0.39, 0.29) is 35.5 Å². The average Bonchev–Trinajstić information content (AvgIpc) is 2.04. The van der Waals surface area contributed by atoms with E-state index in [0.29, 0.717) is 4.90 Å². The Morgan fingerprint density at radius 1 is 1.31 bits per heavy atom. The van der Waals surface area contributed by atoms with Crippen LogP contribution in [0.4, 0.5) is 0 Å². The van der Waals surface area contributed by atoms with Gasteiger partial charge in [-0.1, -0.05) is 32.0 Å². The Bertz CT molecular complexity index is 299. The molecule has 4 heteroatoms. The van der Waals surface area contributed by atoms with E-state index in [1.54, 1.807) is 12.1 Å². The second-order valence-corrected chi connectivity index (χ2v) is 3.84. The average molecular weight is 206 g/mol. The summed E-state index contributed by atoms with van der Waals surface area (Å²) in [6.07, 6.45) is 0. The minimum atomic E-state index is -2.11. The Balaban J connectivity index is 0.00000144. The molecule has 0 N–H and O–H groups in total. The smallest absolute Gasteiger partial charge is 0.768 e. The minimum absolute atomic E-state index is 0. The van der Waals surface area contributed by atoms with Gasteiger partial charge in [-0.05, 0) is 28.6 Å². The molecule has 13 heavy (non-hydrogen) atoms. The third-order valence-corrected chi connectivity index (χ3v) is 2.45. The maximum absolute atomic E-state index is 10.7. The van der Waals surface area contributed by atoms with Gasteiger partial charge in [0.25, 0.3) is 0 Å². The molecule has 0 aliphatic heterocycles. The van der Waals surface area contributed by atoms with Crippen LogP contribution in [0.5, 0.6) is 0 Å². The van der Waals surface area contributed by atoms with E-state index in [9.17, 15) is 8.76 Å². The van der Waals surface area contributed by atoms with Gasteiger partial charge in [-0.3, -0.25) is 4.21 Å². The molecule has 0 spiro atoms. The normalized spacial score (nSPS) is 12.3. The van der Waals surface area contributed by atoms with E-state index in [1.807, 2.05) is 26.0 Å². The van der Waals surface area contributed by atoms with Crippen molar-refractivity contribution in [3.63, 3.8) is 0 Å². The second-order valence-electron chi connectivity index (χ2n) is 2.93. The molecule has 0 bridgehead atoms. The molecular formula is C9H11NaO2S. The van der Waals surface area contributed by atoms with E-state index in [2.05, 4.69) is 0 Å². The fourth-order valence-corrected chi connectivity index (χ4v) is 1.80. The van der Waals surface area contributed by atoms with Crippen LogP contribution in [0, 0.1) is 0 Å². The number of hydrogen-bond donors (Lipinski definition) is 0. The summed E-state index contributed by atoms with van der Waals surface area (Å²) < 4.78 is 21.5. The molecule has 0 aliphatic rings. The molecule has 0 heterocycles. The number of rotatable bonds is 2. The molecule has 0 amide bonds. The van der Waals surface area contributed by atoms with Crippen LogP contribution in [-0.2, 0) is 11.1 Å². The first-order valence-corrected chi connectivity index (χ1v) is 4.88. The van der Waals surface area contributed by atoms with Gasteiger partial charge in [0.05, 0.1) is 0 Å². The maximum Gasteiger partial charge on any atom is 1.00 e. The Labute approximate surface area is 103 Å². The Kier molecular flexibility index (Phi) is 6.09. The van der Waals surface area contributed by atoms with E-state index in [1.165, 1.54) is 0 Å². The third kappa shape index (κ3) is 3.52. The largest absolute Gasteiger partial charge is 1.00 e. The van der Waals surface area contributed by atoms with Crippen LogP contribution in [0.1, 0.15) is 25.3 Å². The predicted molar refractivity (Wildman–Crippen MR) is 47.7 cm³/mol. The van der Waals surface area contributed by atoms with E-state index < -0.39 is 11.1 Å². The first-order valence-electron chi connectivity index (χ1n) is 3.81. The number of hydrogen-bond acceptors (Lipinski definition) is 2. The van der Waals surface area contributed by atoms with Crippen LogP contribution in [0.25, 0.3) is 0 Å². The topological polar surface area (TPSA) is 40.1 Å². The molecule has 0 fully saturated rings. The molecule has 0 aromatic heterocycles. The number of benzene rings is 1. The van der Waals surface area contributed by atoms with Gasteiger partial charge in [-0.25, -0.2) is 0 Å². The van der Waals surface area contributed by atoms with Crippen molar-refractivity contribution in [2.75, 3.05) is 0 Å². The van der Waals surface area contributed by atoms with Crippen molar-refractivity contribution in [3.05, 3.63) is 29.8 Å². The Morgan fingerprint density at radius 2 is 1.85 bits per heavy atom. The van der Waals surface area contributed by atoms with E-state index in [4.69, 9.17) is 0 Å². The fraction of sp³-hybridized carbons (Fsp3) is 0.333. The first kappa shape index (κ1) is 13.3.